The van der Waals surface area contributed by atoms with Gasteiger partial charge in [0.2, 0.25) is 0 Å². The lowest BCUT2D eigenvalue weighted by molar-refractivity contribution is 0.102. The van der Waals surface area contributed by atoms with Gasteiger partial charge in [-0.15, -0.1) is 0 Å². The largest absolute Gasteiger partial charge is 0.493 e. The zero-order valence-electron chi connectivity index (χ0n) is 18.5. The van der Waals surface area contributed by atoms with Gasteiger partial charge in [-0.2, -0.15) is 5.10 Å². The molecule has 0 saturated heterocycles. The van der Waals surface area contributed by atoms with Crippen LogP contribution in [0.5, 0.6) is 11.5 Å². The van der Waals surface area contributed by atoms with Crippen LogP contribution in [0.4, 0.5) is 5.69 Å². The molecule has 3 heterocycles. The number of ether oxygens (including phenoxy) is 2. The van der Waals surface area contributed by atoms with Gasteiger partial charge in [-0.25, -0.2) is 9.50 Å². The van der Waals surface area contributed by atoms with Gasteiger partial charge in [-0.1, -0.05) is 24.3 Å². The Labute approximate surface area is 194 Å². The van der Waals surface area contributed by atoms with E-state index in [-0.39, 0.29) is 23.4 Å². The van der Waals surface area contributed by atoms with Crippen LogP contribution < -0.4 is 20.3 Å². The predicted octanol–water partition coefficient (Wildman–Crippen LogP) is 3.72. The minimum absolute atomic E-state index is 0.120. The van der Waals surface area contributed by atoms with E-state index in [0.717, 1.165) is 16.6 Å². The number of hydrogen-bond donors (Lipinski definition) is 2. The van der Waals surface area contributed by atoms with E-state index in [2.05, 4.69) is 20.4 Å². The van der Waals surface area contributed by atoms with Gasteiger partial charge < -0.3 is 19.8 Å². The molecule has 0 unspecified atom stereocenters. The quantitative estimate of drug-likeness (QED) is 0.404. The molecule has 3 aromatic heterocycles. The molecule has 0 fully saturated rings. The third-order valence-electron chi connectivity index (χ3n) is 5.28. The first-order chi connectivity index (χ1) is 16.5. The number of nitrogens with one attached hydrogen (secondary N) is 2. The summed E-state index contributed by atoms with van der Waals surface area (Å²) in [5.41, 5.74) is 2.89. The molecule has 0 spiro atoms. The van der Waals surface area contributed by atoms with E-state index in [1.807, 2.05) is 36.4 Å². The summed E-state index contributed by atoms with van der Waals surface area (Å²) in [4.78, 5) is 32.2. The number of rotatable bonds is 6. The molecule has 34 heavy (non-hydrogen) atoms. The maximum absolute atomic E-state index is 12.8. The molecule has 0 aliphatic carbocycles. The second-order valence-electron chi connectivity index (χ2n) is 7.73. The SMILES string of the molecule is COc1ccc(NC(=O)c2cc3c(=O)[nH]c(C)cn3n2)cc1OCc1ccc2ccccc2n1. The summed E-state index contributed by atoms with van der Waals surface area (Å²) in [6.45, 7) is 1.97. The number of aryl methyl sites for hydroxylation is 1. The topological polar surface area (TPSA) is 111 Å². The molecular formula is C25H21N5O4. The molecule has 0 atom stereocenters. The van der Waals surface area contributed by atoms with Gasteiger partial charge >= 0.3 is 0 Å². The van der Waals surface area contributed by atoms with Crippen molar-refractivity contribution in [3.63, 3.8) is 0 Å². The van der Waals surface area contributed by atoms with Crippen LogP contribution in [0.1, 0.15) is 21.9 Å². The number of hydrogen-bond acceptors (Lipinski definition) is 6. The first-order valence-corrected chi connectivity index (χ1v) is 10.6. The van der Waals surface area contributed by atoms with Crippen LogP contribution in [-0.2, 0) is 6.61 Å². The number of carbonyl (C=O) groups excluding carboxylic acids is 1. The van der Waals surface area contributed by atoms with Crippen LogP contribution in [0.2, 0.25) is 0 Å². The van der Waals surface area contributed by atoms with Gasteiger partial charge in [-0.05, 0) is 31.2 Å². The number of pyridine rings is 1. The van der Waals surface area contributed by atoms with Crippen molar-refractivity contribution >= 4 is 28.0 Å². The number of benzene rings is 2. The zero-order valence-corrected chi connectivity index (χ0v) is 18.5. The predicted molar refractivity (Wildman–Crippen MR) is 128 cm³/mol. The van der Waals surface area contributed by atoms with Crippen molar-refractivity contribution in [1.82, 2.24) is 19.6 Å². The van der Waals surface area contributed by atoms with Crippen molar-refractivity contribution in [3.8, 4) is 11.5 Å². The Kier molecular flexibility index (Phi) is 5.43. The molecule has 0 saturated carbocycles. The van der Waals surface area contributed by atoms with E-state index < -0.39 is 5.91 Å². The molecule has 1 amide bonds. The second-order valence-corrected chi connectivity index (χ2v) is 7.73. The van der Waals surface area contributed by atoms with E-state index >= 15 is 0 Å². The fraction of sp³-hybridized carbons (Fsp3) is 0.120. The highest BCUT2D eigenvalue weighted by Crippen LogP contribution is 2.31. The average molecular weight is 455 g/mol. The van der Waals surface area contributed by atoms with Crippen molar-refractivity contribution in [1.29, 1.82) is 0 Å². The Hall–Kier alpha value is -4.66. The number of carbonyl (C=O) groups is 1. The molecule has 2 N–H and O–H groups in total. The molecule has 0 bridgehead atoms. The van der Waals surface area contributed by atoms with Gasteiger partial charge in [0.15, 0.2) is 17.2 Å². The van der Waals surface area contributed by atoms with Crippen molar-refractivity contribution in [3.05, 3.63) is 94.3 Å². The Morgan fingerprint density at radius 1 is 1.09 bits per heavy atom. The van der Waals surface area contributed by atoms with Crippen LogP contribution in [0.25, 0.3) is 16.4 Å². The molecule has 170 valence electrons. The standard InChI is InChI=1S/C25H21N5O4/c1-15-13-30-21(25(32)26-15)12-20(29-30)24(31)28-17-9-10-22(33-2)23(11-17)34-14-18-8-7-16-5-3-4-6-19(16)27-18/h3-13H,14H2,1-2H3,(H,26,32)(H,28,31). The molecule has 0 radical (unpaired) electrons. The minimum Gasteiger partial charge on any atom is -0.493 e. The summed E-state index contributed by atoms with van der Waals surface area (Å²) in [5, 5.41) is 8.05. The van der Waals surface area contributed by atoms with E-state index in [0.29, 0.717) is 22.9 Å². The van der Waals surface area contributed by atoms with Crippen molar-refractivity contribution in [2.24, 2.45) is 0 Å². The first kappa shape index (κ1) is 21.2. The smallest absolute Gasteiger partial charge is 0.276 e. The number of fused-ring (bicyclic) bond motifs is 2. The fourth-order valence-corrected chi connectivity index (χ4v) is 3.63. The highest BCUT2D eigenvalue weighted by Gasteiger charge is 2.15. The third kappa shape index (κ3) is 4.18. The summed E-state index contributed by atoms with van der Waals surface area (Å²) >= 11 is 0. The lowest BCUT2D eigenvalue weighted by Crippen LogP contribution is -2.13. The molecule has 5 aromatic rings. The molecule has 2 aromatic carbocycles. The number of H-pyrrole nitrogens is 1. The fourth-order valence-electron chi connectivity index (χ4n) is 3.63. The van der Waals surface area contributed by atoms with Gasteiger partial charge in [-0.3, -0.25) is 9.59 Å². The van der Waals surface area contributed by atoms with Crippen LogP contribution in [0.15, 0.2) is 71.7 Å². The zero-order chi connectivity index (χ0) is 23.7. The van der Waals surface area contributed by atoms with Crippen molar-refractivity contribution < 1.29 is 14.3 Å². The van der Waals surface area contributed by atoms with Crippen LogP contribution in [0.3, 0.4) is 0 Å². The van der Waals surface area contributed by atoms with Crippen molar-refractivity contribution in [2.45, 2.75) is 13.5 Å². The van der Waals surface area contributed by atoms with E-state index in [4.69, 9.17) is 9.47 Å². The molecule has 5 rings (SSSR count). The Morgan fingerprint density at radius 3 is 2.79 bits per heavy atom. The number of methoxy groups -OCH3 is 1. The van der Waals surface area contributed by atoms with Crippen LogP contribution >= 0.6 is 0 Å². The van der Waals surface area contributed by atoms with Crippen molar-refractivity contribution in [2.75, 3.05) is 12.4 Å². The summed E-state index contributed by atoms with van der Waals surface area (Å²) in [7, 11) is 1.55. The van der Waals surface area contributed by atoms with Gasteiger partial charge in [0.05, 0.1) is 18.3 Å². The number of nitrogens with zero attached hydrogens (tertiary/aromatic N) is 3. The number of amides is 1. The highest BCUT2D eigenvalue weighted by atomic mass is 16.5. The lowest BCUT2D eigenvalue weighted by atomic mass is 10.2. The lowest BCUT2D eigenvalue weighted by Gasteiger charge is -2.13. The van der Waals surface area contributed by atoms with Gasteiger partial charge in [0, 0.05) is 35.1 Å². The van der Waals surface area contributed by atoms with Crippen LogP contribution in [-0.4, -0.2) is 32.6 Å². The summed E-state index contributed by atoms with van der Waals surface area (Å²) in [6, 6.07) is 18.3. The number of anilines is 1. The van der Waals surface area contributed by atoms with Gasteiger partial charge in [0.1, 0.15) is 12.1 Å². The Bertz CT molecular complexity index is 1590. The van der Waals surface area contributed by atoms with Crippen LogP contribution in [0, 0.1) is 6.92 Å². The average Bonchev–Trinajstić information content (AvgIpc) is 3.27. The normalized spacial score (nSPS) is 11.0. The number of aromatic nitrogens is 4. The molecule has 0 aliphatic rings. The molecule has 9 nitrogen and oxygen atoms in total. The van der Waals surface area contributed by atoms with E-state index in [9.17, 15) is 9.59 Å². The summed E-state index contributed by atoms with van der Waals surface area (Å²) < 4.78 is 12.8. The number of aromatic amines is 1. The highest BCUT2D eigenvalue weighted by molar-refractivity contribution is 6.03. The van der Waals surface area contributed by atoms with E-state index in [1.165, 1.54) is 10.6 Å². The summed E-state index contributed by atoms with van der Waals surface area (Å²) in [6.07, 6.45) is 1.65. The minimum atomic E-state index is -0.451. The monoisotopic (exact) mass is 455 g/mol. The molecule has 9 heteroatoms. The van der Waals surface area contributed by atoms with Gasteiger partial charge in [0.25, 0.3) is 11.5 Å². The van der Waals surface area contributed by atoms with E-state index in [1.54, 1.807) is 38.4 Å². The molecule has 0 aliphatic heterocycles. The summed E-state index contributed by atoms with van der Waals surface area (Å²) in [5.74, 6) is 0.527. The first-order valence-electron chi connectivity index (χ1n) is 10.6. The second kappa shape index (κ2) is 8.70. The third-order valence-corrected chi connectivity index (χ3v) is 5.28. The molecular weight excluding hydrogens is 434 g/mol. The Balaban J connectivity index is 1.35. The Morgan fingerprint density at radius 2 is 1.94 bits per heavy atom. The maximum Gasteiger partial charge on any atom is 0.276 e. The number of para-hydroxylation sites is 1. The maximum atomic E-state index is 12.8.